The van der Waals surface area contributed by atoms with Crippen LogP contribution in [-0.2, 0) is 0 Å². The molecular weight excluding hydrogens is 240 g/mol. The van der Waals surface area contributed by atoms with Crippen molar-refractivity contribution in [1.82, 2.24) is 15.5 Å². The van der Waals surface area contributed by atoms with Crippen molar-refractivity contribution in [3.8, 4) is 0 Å². The number of anilines is 1. The quantitative estimate of drug-likeness (QED) is 0.880. The van der Waals surface area contributed by atoms with E-state index >= 15 is 0 Å². The number of carbonyl (C=O) groups excluding carboxylic acids is 1. The van der Waals surface area contributed by atoms with Crippen LogP contribution in [0.1, 0.15) is 43.6 Å². The molecule has 1 aromatic rings. The van der Waals surface area contributed by atoms with Gasteiger partial charge in [0.25, 0.3) is 5.91 Å². The summed E-state index contributed by atoms with van der Waals surface area (Å²) in [7, 11) is 0. The van der Waals surface area contributed by atoms with E-state index < -0.39 is 0 Å². The van der Waals surface area contributed by atoms with Crippen LogP contribution in [0.5, 0.6) is 0 Å². The summed E-state index contributed by atoms with van der Waals surface area (Å²) in [6.45, 7) is 7.03. The molecular formula is C14H22N4O. The predicted octanol–water partition coefficient (Wildman–Crippen LogP) is 1.85. The summed E-state index contributed by atoms with van der Waals surface area (Å²) in [5, 5.41) is 11.0. The fraction of sp³-hybridized carbons (Fsp3) is 0.643. The van der Waals surface area contributed by atoms with Crippen molar-refractivity contribution in [2.75, 3.05) is 24.5 Å². The SMILES string of the molecule is CC(C)CCNC(=O)c1ccc(N2CCCC2)nn1. The zero-order valence-corrected chi connectivity index (χ0v) is 11.7. The number of nitrogens with zero attached hydrogens (tertiary/aromatic N) is 3. The zero-order chi connectivity index (χ0) is 13.7. The summed E-state index contributed by atoms with van der Waals surface area (Å²) < 4.78 is 0. The summed E-state index contributed by atoms with van der Waals surface area (Å²) in [5.74, 6) is 1.32. The third-order valence-electron chi connectivity index (χ3n) is 3.32. The number of hydrogen-bond donors (Lipinski definition) is 1. The third kappa shape index (κ3) is 3.91. The van der Waals surface area contributed by atoms with Crippen molar-refractivity contribution in [3.05, 3.63) is 17.8 Å². The van der Waals surface area contributed by atoms with Gasteiger partial charge in [-0.2, -0.15) is 0 Å². The van der Waals surface area contributed by atoms with Gasteiger partial charge < -0.3 is 10.2 Å². The van der Waals surface area contributed by atoms with Crippen molar-refractivity contribution in [2.45, 2.75) is 33.1 Å². The van der Waals surface area contributed by atoms with E-state index in [4.69, 9.17) is 0 Å². The van der Waals surface area contributed by atoms with E-state index in [-0.39, 0.29) is 5.91 Å². The highest BCUT2D eigenvalue weighted by Gasteiger charge is 2.15. The minimum atomic E-state index is -0.138. The number of carbonyl (C=O) groups is 1. The molecule has 1 saturated heterocycles. The highest BCUT2D eigenvalue weighted by molar-refractivity contribution is 5.92. The fourth-order valence-electron chi connectivity index (χ4n) is 2.13. The van der Waals surface area contributed by atoms with Crippen molar-refractivity contribution in [3.63, 3.8) is 0 Å². The van der Waals surface area contributed by atoms with E-state index in [0.29, 0.717) is 18.2 Å². The first-order valence-corrected chi connectivity index (χ1v) is 7.03. The monoisotopic (exact) mass is 262 g/mol. The van der Waals surface area contributed by atoms with Gasteiger partial charge >= 0.3 is 0 Å². The Morgan fingerprint density at radius 2 is 2.05 bits per heavy atom. The second kappa shape index (κ2) is 6.50. The highest BCUT2D eigenvalue weighted by Crippen LogP contribution is 2.16. The van der Waals surface area contributed by atoms with Gasteiger partial charge in [-0.15, -0.1) is 10.2 Å². The first-order chi connectivity index (χ1) is 9.16. The molecule has 5 heteroatoms. The lowest BCUT2D eigenvalue weighted by Gasteiger charge is -2.15. The molecule has 2 rings (SSSR count). The van der Waals surface area contributed by atoms with Gasteiger partial charge in [0.2, 0.25) is 0 Å². The van der Waals surface area contributed by atoms with E-state index in [1.165, 1.54) is 12.8 Å². The molecule has 1 aliphatic heterocycles. The summed E-state index contributed by atoms with van der Waals surface area (Å²) in [6, 6.07) is 3.64. The Hall–Kier alpha value is -1.65. The molecule has 1 N–H and O–H groups in total. The molecule has 0 aromatic carbocycles. The summed E-state index contributed by atoms with van der Waals surface area (Å²) in [6.07, 6.45) is 3.39. The van der Waals surface area contributed by atoms with Crippen molar-refractivity contribution >= 4 is 11.7 Å². The molecule has 0 radical (unpaired) electrons. The highest BCUT2D eigenvalue weighted by atomic mass is 16.1. The largest absolute Gasteiger partial charge is 0.355 e. The molecule has 1 amide bonds. The molecule has 1 fully saturated rings. The lowest BCUT2D eigenvalue weighted by atomic mass is 10.1. The van der Waals surface area contributed by atoms with Gasteiger partial charge in [-0.25, -0.2) is 0 Å². The number of amides is 1. The molecule has 0 unspecified atom stereocenters. The predicted molar refractivity (Wildman–Crippen MR) is 75.3 cm³/mol. The van der Waals surface area contributed by atoms with Crippen molar-refractivity contribution in [1.29, 1.82) is 0 Å². The summed E-state index contributed by atoms with van der Waals surface area (Å²) in [5.41, 5.74) is 0.395. The van der Waals surface area contributed by atoms with Gasteiger partial charge in [-0.05, 0) is 37.3 Å². The molecule has 1 aliphatic rings. The van der Waals surface area contributed by atoms with E-state index in [1.54, 1.807) is 6.07 Å². The van der Waals surface area contributed by atoms with Crippen LogP contribution in [0.3, 0.4) is 0 Å². The maximum Gasteiger partial charge on any atom is 0.271 e. The second-order valence-electron chi connectivity index (χ2n) is 5.41. The third-order valence-corrected chi connectivity index (χ3v) is 3.32. The van der Waals surface area contributed by atoms with Crippen LogP contribution in [0.25, 0.3) is 0 Å². The van der Waals surface area contributed by atoms with Crippen molar-refractivity contribution < 1.29 is 4.79 Å². The number of rotatable bonds is 5. The minimum absolute atomic E-state index is 0.138. The molecule has 19 heavy (non-hydrogen) atoms. The molecule has 0 aliphatic carbocycles. The van der Waals surface area contributed by atoms with Crippen LogP contribution in [0.4, 0.5) is 5.82 Å². The second-order valence-corrected chi connectivity index (χ2v) is 5.41. The van der Waals surface area contributed by atoms with Gasteiger partial charge in [0.15, 0.2) is 11.5 Å². The Morgan fingerprint density at radius 3 is 2.63 bits per heavy atom. The Labute approximate surface area is 114 Å². The first kappa shape index (κ1) is 13.8. The Bertz CT molecular complexity index is 410. The van der Waals surface area contributed by atoms with E-state index in [2.05, 4.69) is 34.3 Å². The minimum Gasteiger partial charge on any atom is -0.355 e. The van der Waals surface area contributed by atoms with E-state index in [1.807, 2.05) is 6.07 Å². The standard InChI is InChI=1S/C14H22N4O/c1-11(2)7-8-15-14(19)12-5-6-13(17-16-12)18-9-3-4-10-18/h5-6,11H,3-4,7-10H2,1-2H3,(H,15,19). The van der Waals surface area contributed by atoms with Crippen LogP contribution >= 0.6 is 0 Å². The van der Waals surface area contributed by atoms with Gasteiger partial charge in [0.1, 0.15) is 0 Å². The van der Waals surface area contributed by atoms with Gasteiger partial charge in [-0.1, -0.05) is 13.8 Å². The zero-order valence-electron chi connectivity index (χ0n) is 11.7. The van der Waals surface area contributed by atoms with E-state index in [9.17, 15) is 4.79 Å². The lowest BCUT2D eigenvalue weighted by Crippen LogP contribution is -2.27. The van der Waals surface area contributed by atoms with Crippen LogP contribution in [0.2, 0.25) is 0 Å². The van der Waals surface area contributed by atoms with E-state index in [0.717, 1.165) is 25.3 Å². The molecule has 104 valence electrons. The van der Waals surface area contributed by atoms with Crippen molar-refractivity contribution in [2.24, 2.45) is 5.92 Å². The Morgan fingerprint density at radius 1 is 1.32 bits per heavy atom. The van der Waals surface area contributed by atoms with Crippen LogP contribution in [-0.4, -0.2) is 35.7 Å². The maximum atomic E-state index is 11.8. The molecule has 0 saturated carbocycles. The molecule has 5 nitrogen and oxygen atoms in total. The number of hydrogen-bond acceptors (Lipinski definition) is 4. The van der Waals surface area contributed by atoms with Gasteiger partial charge in [-0.3, -0.25) is 4.79 Å². The smallest absolute Gasteiger partial charge is 0.271 e. The number of aromatic nitrogens is 2. The molecule has 0 atom stereocenters. The van der Waals surface area contributed by atoms with Crippen LogP contribution in [0, 0.1) is 5.92 Å². The maximum absolute atomic E-state index is 11.8. The fourth-order valence-corrected chi connectivity index (χ4v) is 2.13. The Kier molecular flexibility index (Phi) is 4.71. The van der Waals surface area contributed by atoms with Crippen LogP contribution < -0.4 is 10.2 Å². The van der Waals surface area contributed by atoms with Crippen LogP contribution in [0.15, 0.2) is 12.1 Å². The Balaban J connectivity index is 1.88. The normalized spacial score (nSPS) is 15.0. The average molecular weight is 262 g/mol. The first-order valence-electron chi connectivity index (χ1n) is 7.03. The average Bonchev–Trinajstić information content (AvgIpc) is 2.92. The molecule has 1 aromatic heterocycles. The molecule has 0 bridgehead atoms. The lowest BCUT2D eigenvalue weighted by molar-refractivity contribution is 0.0946. The molecule has 2 heterocycles. The van der Waals surface area contributed by atoms with Gasteiger partial charge in [0, 0.05) is 19.6 Å². The topological polar surface area (TPSA) is 58.1 Å². The van der Waals surface area contributed by atoms with Gasteiger partial charge in [0.05, 0.1) is 0 Å². The summed E-state index contributed by atoms with van der Waals surface area (Å²) in [4.78, 5) is 14.0. The summed E-state index contributed by atoms with van der Waals surface area (Å²) >= 11 is 0. The molecule has 0 spiro atoms. The number of nitrogens with one attached hydrogen (secondary N) is 1.